The summed E-state index contributed by atoms with van der Waals surface area (Å²) in [5.41, 5.74) is 0. The first-order valence-corrected chi connectivity index (χ1v) is 10.5. The molecule has 25 heavy (non-hydrogen) atoms. The molecule has 0 spiro atoms. The summed E-state index contributed by atoms with van der Waals surface area (Å²) in [7, 11) is 0. The average Bonchev–Trinajstić information content (AvgIpc) is 3.25. The molecule has 5 nitrogen and oxygen atoms in total. The monoisotopic (exact) mass is 352 g/mol. The third-order valence-corrected chi connectivity index (χ3v) is 5.43. The summed E-state index contributed by atoms with van der Waals surface area (Å²) in [6.07, 6.45) is 5.40. The van der Waals surface area contributed by atoms with E-state index in [-0.39, 0.29) is 0 Å². The summed E-state index contributed by atoms with van der Waals surface area (Å²) >= 11 is 0. The van der Waals surface area contributed by atoms with Gasteiger partial charge in [0.15, 0.2) is 5.96 Å². The highest BCUT2D eigenvalue weighted by Crippen LogP contribution is 2.20. The van der Waals surface area contributed by atoms with Crippen molar-refractivity contribution < 1.29 is 4.74 Å². The minimum absolute atomic E-state index is 0.318. The van der Waals surface area contributed by atoms with Crippen molar-refractivity contribution in [2.75, 3.05) is 52.4 Å². The van der Waals surface area contributed by atoms with Crippen LogP contribution in [0.1, 0.15) is 53.4 Å². The second-order valence-corrected chi connectivity index (χ2v) is 7.87. The third-order valence-electron chi connectivity index (χ3n) is 5.43. The van der Waals surface area contributed by atoms with E-state index in [1.807, 2.05) is 0 Å². The van der Waals surface area contributed by atoms with Crippen LogP contribution < -0.4 is 5.32 Å². The molecule has 2 rings (SSSR count). The number of nitrogens with one attached hydrogen (secondary N) is 1. The van der Waals surface area contributed by atoms with E-state index in [9.17, 15) is 0 Å². The van der Waals surface area contributed by atoms with Crippen LogP contribution >= 0.6 is 0 Å². The summed E-state index contributed by atoms with van der Waals surface area (Å²) in [5, 5.41) is 3.50. The van der Waals surface area contributed by atoms with E-state index in [4.69, 9.17) is 9.73 Å². The van der Waals surface area contributed by atoms with Crippen LogP contribution in [-0.2, 0) is 4.74 Å². The van der Waals surface area contributed by atoms with Crippen LogP contribution in [0.5, 0.6) is 0 Å². The van der Waals surface area contributed by atoms with Gasteiger partial charge >= 0.3 is 0 Å². The molecule has 2 aliphatic heterocycles. The summed E-state index contributed by atoms with van der Waals surface area (Å²) in [4.78, 5) is 10.0. The van der Waals surface area contributed by atoms with Crippen molar-refractivity contribution in [3.8, 4) is 0 Å². The third kappa shape index (κ3) is 6.78. The summed E-state index contributed by atoms with van der Waals surface area (Å²) in [6, 6.07) is 0. The van der Waals surface area contributed by atoms with E-state index < -0.39 is 0 Å². The molecule has 2 saturated heterocycles. The number of hydrogen-bond donors (Lipinski definition) is 1. The van der Waals surface area contributed by atoms with Crippen molar-refractivity contribution >= 4 is 5.96 Å². The van der Waals surface area contributed by atoms with Gasteiger partial charge in [0.1, 0.15) is 0 Å². The maximum Gasteiger partial charge on any atom is 0.193 e. The Labute approximate surface area is 155 Å². The zero-order valence-corrected chi connectivity index (χ0v) is 17.0. The second kappa shape index (κ2) is 11.0. The molecule has 146 valence electrons. The zero-order chi connectivity index (χ0) is 18.1. The molecule has 2 atom stereocenters. The number of guanidine groups is 1. The predicted octanol–water partition coefficient (Wildman–Crippen LogP) is 2.82. The minimum Gasteiger partial charge on any atom is -0.378 e. The van der Waals surface area contributed by atoms with Crippen LogP contribution in [0.25, 0.3) is 0 Å². The molecule has 0 aromatic rings. The Morgan fingerprint density at radius 2 is 1.96 bits per heavy atom. The molecule has 5 heteroatoms. The molecule has 0 radical (unpaired) electrons. The fourth-order valence-electron chi connectivity index (χ4n) is 4.05. The van der Waals surface area contributed by atoms with Crippen molar-refractivity contribution in [2.24, 2.45) is 16.8 Å². The predicted molar refractivity (Wildman–Crippen MR) is 106 cm³/mol. The van der Waals surface area contributed by atoms with Crippen molar-refractivity contribution in [1.82, 2.24) is 15.1 Å². The number of hydrogen-bond acceptors (Lipinski definition) is 3. The van der Waals surface area contributed by atoms with E-state index in [0.717, 1.165) is 51.1 Å². The summed E-state index contributed by atoms with van der Waals surface area (Å²) in [5.74, 6) is 2.45. The first kappa shape index (κ1) is 20.5. The smallest absolute Gasteiger partial charge is 0.193 e. The second-order valence-electron chi connectivity index (χ2n) is 7.87. The zero-order valence-electron chi connectivity index (χ0n) is 17.0. The first-order valence-electron chi connectivity index (χ1n) is 10.5. The largest absolute Gasteiger partial charge is 0.378 e. The number of nitrogens with zero attached hydrogens (tertiary/aromatic N) is 3. The Kier molecular flexibility index (Phi) is 9.04. The molecule has 0 aliphatic carbocycles. The molecule has 2 fully saturated rings. The number of ether oxygens (including phenoxy) is 1. The lowest BCUT2D eigenvalue weighted by atomic mass is 10.0. The fourth-order valence-corrected chi connectivity index (χ4v) is 4.05. The minimum atomic E-state index is 0.318. The van der Waals surface area contributed by atoms with Crippen molar-refractivity contribution in [2.45, 2.75) is 59.5 Å². The maximum atomic E-state index is 5.85. The van der Waals surface area contributed by atoms with Crippen LogP contribution in [0, 0.1) is 11.8 Å². The van der Waals surface area contributed by atoms with Gasteiger partial charge in [-0.25, -0.2) is 0 Å². The summed E-state index contributed by atoms with van der Waals surface area (Å²) in [6.45, 7) is 17.5. The number of likely N-dealkylation sites (tertiary alicyclic amines) is 2. The van der Waals surface area contributed by atoms with Gasteiger partial charge in [0.2, 0.25) is 0 Å². The Morgan fingerprint density at radius 1 is 1.20 bits per heavy atom. The van der Waals surface area contributed by atoms with Crippen LogP contribution in [0.15, 0.2) is 4.99 Å². The molecule has 2 heterocycles. The van der Waals surface area contributed by atoms with Crippen molar-refractivity contribution in [3.63, 3.8) is 0 Å². The number of rotatable bonds is 9. The fraction of sp³-hybridized carbons (Fsp3) is 0.950. The molecular weight excluding hydrogens is 312 g/mol. The normalized spacial score (nSPS) is 23.6. The van der Waals surface area contributed by atoms with E-state index in [2.05, 4.69) is 42.8 Å². The van der Waals surface area contributed by atoms with Gasteiger partial charge in [-0.05, 0) is 64.5 Å². The molecule has 0 bridgehead atoms. The standard InChI is InChI=1S/C20H40N4O/c1-5-21-20(22-11-9-19(17(3)4)25-6-2)24-14-10-18(16-24)15-23-12-7-8-13-23/h17-19H,5-16H2,1-4H3,(H,21,22). The maximum absolute atomic E-state index is 5.85. The lowest BCUT2D eigenvalue weighted by Gasteiger charge is -2.24. The van der Waals surface area contributed by atoms with Gasteiger partial charge in [0.25, 0.3) is 0 Å². The van der Waals surface area contributed by atoms with Crippen molar-refractivity contribution in [1.29, 1.82) is 0 Å². The Bertz CT molecular complexity index is 393. The van der Waals surface area contributed by atoms with Crippen LogP contribution in [0.3, 0.4) is 0 Å². The van der Waals surface area contributed by atoms with Crippen LogP contribution in [-0.4, -0.2) is 74.3 Å². The first-order chi connectivity index (χ1) is 12.1. The highest BCUT2D eigenvalue weighted by atomic mass is 16.5. The summed E-state index contributed by atoms with van der Waals surface area (Å²) < 4.78 is 5.85. The molecule has 2 aliphatic rings. The van der Waals surface area contributed by atoms with Gasteiger partial charge in [-0.15, -0.1) is 0 Å². The van der Waals surface area contributed by atoms with E-state index in [1.165, 1.54) is 38.9 Å². The molecule has 2 unspecified atom stereocenters. The van der Waals surface area contributed by atoms with Gasteiger partial charge in [-0.2, -0.15) is 0 Å². The highest BCUT2D eigenvalue weighted by Gasteiger charge is 2.27. The van der Waals surface area contributed by atoms with Crippen molar-refractivity contribution in [3.05, 3.63) is 0 Å². The molecular formula is C20H40N4O. The lowest BCUT2D eigenvalue weighted by molar-refractivity contribution is 0.0266. The van der Waals surface area contributed by atoms with Gasteiger partial charge in [0.05, 0.1) is 6.10 Å². The van der Waals surface area contributed by atoms with Gasteiger partial charge < -0.3 is 19.9 Å². The SMILES string of the molecule is CCNC(=NCCC(OCC)C(C)C)N1CCC(CN2CCCC2)C1. The van der Waals surface area contributed by atoms with E-state index >= 15 is 0 Å². The number of aliphatic imine (C=N–C) groups is 1. The quantitative estimate of drug-likeness (QED) is 0.512. The molecule has 0 aromatic carbocycles. The van der Waals surface area contributed by atoms with Crippen LogP contribution in [0.2, 0.25) is 0 Å². The average molecular weight is 353 g/mol. The lowest BCUT2D eigenvalue weighted by Crippen LogP contribution is -2.41. The molecule has 0 amide bonds. The Hall–Kier alpha value is -0.810. The van der Waals surface area contributed by atoms with Crippen LogP contribution in [0.4, 0.5) is 0 Å². The molecule has 1 N–H and O–H groups in total. The molecule has 0 saturated carbocycles. The topological polar surface area (TPSA) is 40.1 Å². The van der Waals surface area contributed by atoms with E-state index in [1.54, 1.807) is 0 Å². The van der Waals surface area contributed by atoms with Gasteiger partial charge in [0, 0.05) is 39.3 Å². The Balaban J connectivity index is 1.82. The van der Waals surface area contributed by atoms with Gasteiger partial charge in [-0.3, -0.25) is 4.99 Å². The highest BCUT2D eigenvalue weighted by molar-refractivity contribution is 5.80. The van der Waals surface area contributed by atoms with Gasteiger partial charge in [-0.1, -0.05) is 13.8 Å². The molecule has 0 aromatic heterocycles. The Morgan fingerprint density at radius 3 is 2.60 bits per heavy atom. The van der Waals surface area contributed by atoms with E-state index in [0.29, 0.717) is 12.0 Å².